The molecule has 0 fully saturated rings. The summed E-state index contributed by atoms with van der Waals surface area (Å²) in [6.07, 6.45) is 0. The topological polar surface area (TPSA) is 47.6 Å². The van der Waals surface area contributed by atoms with Crippen LogP contribution in [-0.2, 0) is 0 Å². The van der Waals surface area contributed by atoms with Gasteiger partial charge in [0.25, 0.3) is 0 Å². The van der Waals surface area contributed by atoms with Crippen LogP contribution in [0.1, 0.15) is 61.8 Å². The molecule has 0 aliphatic rings. The highest BCUT2D eigenvalue weighted by Crippen LogP contribution is 2.15. The zero-order valence-corrected chi connectivity index (χ0v) is 13.7. The predicted octanol–water partition coefficient (Wildman–Crippen LogP) is 5.36. The summed E-state index contributed by atoms with van der Waals surface area (Å²) in [5.41, 5.74) is 3.98. The number of hydrogen-bond donors (Lipinski definition) is 0. The van der Waals surface area contributed by atoms with Gasteiger partial charge in [-0.1, -0.05) is 52.0 Å². The van der Waals surface area contributed by atoms with Crippen LogP contribution in [0, 0.1) is 22.7 Å². The summed E-state index contributed by atoms with van der Waals surface area (Å²) < 4.78 is 0. The van der Waals surface area contributed by atoms with Gasteiger partial charge < -0.3 is 0 Å². The van der Waals surface area contributed by atoms with Crippen LogP contribution in [0.2, 0.25) is 0 Å². The van der Waals surface area contributed by atoms with Crippen LogP contribution in [0.4, 0.5) is 0 Å². The molecule has 0 saturated carbocycles. The summed E-state index contributed by atoms with van der Waals surface area (Å²) in [5.74, 6) is 1.05. The molecule has 0 aliphatic carbocycles. The van der Waals surface area contributed by atoms with Crippen molar-refractivity contribution in [1.82, 2.24) is 0 Å². The predicted molar refractivity (Wildman–Crippen MR) is 90.5 cm³/mol. The molecule has 0 unspecified atom stereocenters. The molecule has 0 radical (unpaired) electrons. The quantitative estimate of drug-likeness (QED) is 0.747. The molecule has 0 atom stereocenters. The van der Waals surface area contributed by atoms with Gasteiger partial charge in [0.2, 0.25) is 0 Å². The van der Waals surface area contributed by atoms with E-state index in [2.05, 4.69) is 39.8 Å². The van der Waals surface area contributed by atoms with E-state index in [1.54, 1.807) is 0 Å². The Balaban J connectivity index is 0.000000220. The lowest BCUT2D eigenvalue weighted by molar-refractivity contribution is 0.866. The highest BCUT2D eigenvalue weighted by atomic mass is 14.2. The Labute approximate surface area is 133 Å². The fourth-order valence-electron chi connectivity index (χ4n) is 1.91. The highest BCUT2D eigenvalue weighted by molar-refractivity contribution is 5.34. The third kappa shape index (κ3) is 5.43. The van der Waals surface area contributed by atoms with Gasteiger partial charge in [-0.05, 0) is 47.2 Å². The smallest absolute Gasteiger partial charge is 0.0991 e. The van der Waals surface area contributed by atoms with Crippen molar-refractivity contribution in [3.63, 3.8) is 0 Å². The second-order valence-electron chi connectivity index (χ2n) is 5.78. The van der Waals surface area contributed by atoms with E-state index in [1.165, 1.54) is 11.1 Å². The number of nitriles is 2. The van der Waals surface area contributed by atoms with Gasteiger partial charge in [-0.3, -0.25) is 0 Å². The van der Waals surface area contributed by atoms with Gasteiger partial charge in [-0.2, -0.15) is 10.5 Å². The molecule has 2 heteroatoms. The fraction of sp³-hybridized carbons (Fsp3) is 0.300. The van der Waals surface area contributed by atoms with E-state index in [1.807, 2.05) is 48.5 Å². The molecule has 0 amide bonds. The van der Waals surface area contributed by atoms with E-state index < -0.39 is 0 Å². The lowest BCUT2D eigenvalue weighted by atomic mass is 10.0. The van der Waals surface area contributed by atoms with Crippen LogP contribution in [0.25, 0.3) is 0 Å². The summed E-state index contributed by atoms with van der Waals surface area (Å²) in [6.45, 7) is 8.52. The molecule has 2 rings (SSSR count). The fourth-order valence-corrected chi connectivity index (χ4v) is 1.91. The normalized spacial score (nSPS) is 9.64. The summed E-state index contributed by atoms with van der Waals surface area (Å²) in [4.78, 5) is 0. The maximum atomic E-state index is 8.59. The van der Waals surface area contributed by atoms with Crippen molar-refractivity contribution >= 4 is 0 Å². The monoisotopic (exact) mass is 290 g/mol. The molecule has 0 saturated heterocycles. The van der Waals surface area contributed by atoms with Gasteiger partial charge in [0, 0.05) is 0 Å². The molecule has 0 heterocycles. The molecule has 0 bridgehead atoms. The zero-order valence-electron chi connectivity index (χ0n) is 13.7. The molecule has 0 spiro atoms. The Morgan fingerprint density at radius 1 is 0.682 bits per heavy atom. The van der Waals surface area contributed by atoms with Gasteiger partial charge >= 0.3 is 0 Å². The first-order chi connectivity index (χ1) is 10.5. The molecule has 112 valence electrons. The Kier molecular flexibility index (Phi) is 6.87. The first-order valence-corrected chi connectivity index (χ1v) is 7.48. The molecule has 0 aliphatic heterocycles. The van der Waals surface area contributed by atoms with Crippen LogP contribution >= 0.6 is 0 Å². The van der Waals surface area contributed by atoms with Crippen molar-refractivity contribution in [3.8, 4) is 12.1 Å². The van der Waals surface area contributed by atoms with Crippen molar-refractivity contribution in [2.24, 2.45) is 0 Å². The molecule has 2 nitrogen and oxygen atoms in total. The van der Waals surface area contributed by atoms with Crippen LogP contribution < -0.4 is 0 Å². The average Bonchev–Trinajstić information content (AvgIpc) is 2.55. The lowest BCUT2D eigenvalue weighted by Gasteiger charge is -2.03. The first kappa shape index (κ1) is 17.5. The third-order valence-corrected chi connectivity index (χ3v) is 3.39. The van der Waals surface area contributed by atoms with Crippen LogP contribution in [-0.4, -0.2) is 0 Å². The van der Waals surface area contributed by atoms with E-state index in [4.69, 9.17) is 10.5 Å². The van der Waals surface area contributed by atoms with Crippen molar-refractivity contribution in [2.75, 3.05) is 0 Å². The molecule has 0 N–H and O–H groups in total. The first-order valence-electron chi connectivity index (χ1n) is 7.48. The van der Waals surface area contributed by atoms with Crippen molar-refractivity contribution in [1.29, 1.82) is 10.5 Å². The van der Waals surface area contributed by atoms with E-state index in [-0.39, 0.29) is 0 Å². The second-order valence-corrected chi connectivity index (χ2v) is 5.78. The number of nitrogens with zero attached hydrogens (tertiary/aromatic N) is 2. The highest BCUT2D eigenvalue weighted by Gasteiger charge is 1.98. The van der Waals surface area contributed by atoms with Crippen molar-refractivity contribution < 1.29 is 0 Å². The Morgan fingerprint density at radius 3 is 1.68 bits per heavy atom. The molecule has 2 aromatic rings. The minimum absolute atomic E-state index is 0.503. The van der Waals surface area contributed by atoms with Crippen LogP contribution in [0.3, 0.4) is 0 Å². The van der Waals surface area contributed by atoms with Crippen LogP contribution in [0.5, 0.6) is 0 Å². The maximum Gasteiger partial charge on any atom is 0.0991 e. The zero-order chi connectivity index (χ0) is 16.5. The lowest BCUT2D eigenvalue weighted by Crippen LogP contribution is -1.86. The SMILES string of the molecule is CC(C)c1ccc(C#N)cc1.CC(C)c1cccc(C#N)c1. The summed E-state index contributed by atoms with van der Waals surface area (Å²) in [7, 11) is 0. The Morgan fingerprint density at radius 2 is 1.23 bits per heavy atom. The molecular weight excluding hydrogens is 268 g/mol. The second kappa shape index (κ2) is 8.65. The minimum atomic E-state index is 0.503. The maximum absolute atomic E-state index is 8.59. The van der Waals surface area contributed by atoms with Gasteiger partial charge in [-0.25, -0.2) is 0 Å². The summed E-state index contributed by atoms with van der Waals surface area (Å²) in [5, 5.41) is 17.1. The minimum Gasteiger partial charge on any atom is -0.192 e. The molecule has 0 aromatic heterocycles. The Hall–Kier alpha value is -2.58. The van der Waals surface area contributed by atoms with Gasteiger partial charge in [0.05, 0.1) is 23.3 Å². The molecule has 22 heavy (non-hydrogen) atoms. The van der Waals surface area contributed by atoms with Crippen LogP contribution in [0.15, 0.2) is 48.5 Å². The third-order valence-electron chi connectivity index (χ3n) is 3.39. The van der Waals surface area contributed by atoms with E-state index in [0.717, 1.165) is 11.1 Å². The average molecular weight is 290 g/mol. The van der Waals surface area contributed by atoms with Crippen molar-refractivity contribution in [3.05, 3.63) is 70.8 Å². The standard InChI is InChI=1S/2C10H11N/c1-8(2)10-5-3-9(7-11)4-6-10;1-8(2)10-5-3-4-9(6-10)7-11/h2*3-6,8H,1-2H3. The molecular formula is C20H22N2. The summed E-state index contributed by atoms with van der Waals surface area (Å²) >= 11 is 0. The summed E-state index contributed by atoms with van der Waals surface area (Å²) in [6, 6.07) is 19.7. The van der Waals surface area contributed by atoms with E-state index >= 15 is 0 Å². The van der Waals surface area contributed by atoms with Gasteiger partial charge in [-0.15, -0.1) is 0 Å². The largest absolute Gasteiger partial charge is 0.192 e. The Bertz CT molecular complexity index is 668. The van der Waals surface area contributed by atoms with Gasteiger partial charge in [0.15, 0.2) is 0 Å². The number of benzene rings is 2. The van der Waals surface area contributed by atoms with E-state index in [0.29, 0.717) is 11.8 Å². The molecule has 2 aromatic carbocycles. The van der Waals surface area contributed by atoms with E-state index in [9.17, 15) is 0 Å². The van der Waals surface area contributed by atoms with Gasteiger partial charge in [0.1, 0.15) is 0 Å². The van der Waals surface area contributed by atoms with Crippen molar-refractivity contribution in [2.45, 2.75) is 39.5 Å². The number of hydrogen-bond acceptors (Lipinski definition) is 2. The number of rotatable bonds is 2.